The van der Waals surface area contributed by atoms with Gasteiger partial charge in [-0.25, -0.2) is 14.4 Å². The summed E-state index contributed by atoms with van der Waals surface area (Å²) < 4.78 is 30.0. The van der Waals surface area contributed by atoms with E-state index in [0.717, 1.165) is 43.9 Å². The monoisotopic (exact) mass is 457 g/mol. The minimum absolute atomic E-state index is 0.251. The summed E-state index contributed by atoms with van der Waals surface area (Å²) in [4.78, 5) is 22.9. The van der Waals surface area contributed by atoms with E-state index in [9.17, 15) is 9.18 Å². The quantitative estimate of drug-likeness (QED) is 0.383. The maximum absolute atomic E-state index is 13.7. The van der Waals surface area contributed by atoms with Gasteiger partial charge in [0.1, 0.15) is 5.82 Å². The molecular formula is C25H32FN3O4. The second-order valence-corrected chi connectivity index (χ2v) is 8.97. The molecular weight excluding hydrogens is 425 g/mol. The first kappa shape index (κ1) is 23.4. The number of hydrogen-bond acceptors (Lipinski definition) is 7. The van der Waals surface area contributed by atoms with Gasteiger partial charge in [0.2, 0.25) is 5.95 Å². The fraction of sp³-hybridized carbons (Fsp3) is 0.560. The first-order chi connectivity index (χ1) is 16.0. The first-order valence-corrected chi connectivity index (χ1v) is 11.7. The van der Waals surface area contributed by atoms with E-state index in [0.29, 0.717) is 24.5 Å². The van der Waals surface area contributed by atoms with Crippen LogP contribution in [0.5, 0.6) is 11.5 Å². The van der Waals surface area contributed by atoms with Crippen LogP contribution in [0.15, 0.2) is 30.6 Å². The lowest BCUT2D eigenvalue weighted by atomic mass is 9.79. The van der Waals surface area contributed by atoms with Crippen molar-refractivity contribution in [1.82, 2.24) is 9.97 Å². The van der Waals surface area contributed by atoms with Crippen LogP contribution in [-0.2, 0) is 16.1 Å². The predicted molar refractivity (Wildman–Crippen MR) is 122 cm³/mol. The van der Waals surface area contributed by atoms with Crippen LogP contribution in [0.3, 0.4) is 0 Å². The van der Waals surface area contributed by atoms with E-state index in [1.165, 1.54) is 31.0 Å². The largest absolute Gasteiger partial charge is 0.490 e. The van der Waals surface area contributed by atoms with Gasteiger partial charge in [-0.3, -0.25) is 4.79 Å². The molecule has 0 amide bonds. The molecule has 8 heteroatoms. The van der Waals surface area contributed by atoms with Gasteiger partial charge in [-0.2, -0.15) is 0 Å². The normalized spacial score (nSPS) is 17.6. The summed E-state index contributed by atoms with van der Waals surface area (Å²) >= 11 is 0. The highest BCUT2D eigenvalue weighted by Crippen LogP contribution is 2.57. The van der Waals surface area contributed by atoms with Crippen LogP contribution in [0, 0.1) is 17.2 Å². The third-order valence-corrected chi connectivity index (χ3v) is 6.81. The summed E-state index contributed by atoms with van der Waals surface area (Å²) in [5.74, 6) is 1.20. The Kier molecular flexibility index (Phi) is 7.42. The molecule has 1 aliphatic carbocycles. The van der Waals surface area contributed by atoms with Crippen LogP contribution in [0.1, 0.15) is 51.0 Å². The molecule has 33 heavy (non-hydrogen) atoms. The molecule has 0 atom stereocenters. The lowest BCUT2D eigenvalue weighted by molar-refractivity contribution is -0.134. The van der Waals surface area contributed by atoms with Crippen LogP contribution in [0.4, 0.5) is 10.3 Å². The second kappa shape index (κ2) is 10.5. The van der Waals surface area contributed by atoms with Gasteiger partial charge < -0.3 is 19.1 Å². The number of benzene rings is 1. The number of ether oxygens (including phenoxy) is 3. The molecule has 1 aromatic carbocycles. The average molecular weight is 458 g/mol. The molecule has 1 aliphatic heterocycles. The van der Waals surface area contributed by atoms with Crippen molar-refractivity contribution in [3.8, 4) is 11.5 Å². The van der Waals surface area contributed by atoms with Crippen LogP contribution in [0.25, 0.3) is 0 Å². The number of rotatable bonds is 10. The maximum Gasteiger partial charge on any atom is 0.311 e. The number of aromatic nitrogens is 2. The molecule has 1 aromatic heterocycles. The van der Waals surface area contributed by atoms with Gasteiger partial charge in [-0.1, -0.05) is 6.92 Å². The Morgan fingerprint density at radius 1 is 1.18 bits per heavy atom. The molecule has 2 heterocycles. The molecule has 0 N–H and O–H groups in total. The third kappa shape index (κ3) is 5.79. The highest BCUT2D eigenvalue weighted by atomic mass is 19.1. The predicted octanol–water partition coefficient (Wildman–Crippen LogP) is 4.54. The Balaban J connectivity index is 1.29. The van der Waals surface area contributed by atoms with Gasteiger partial charge in [0.25, 0.3) is 0 Å². The van der Waals surface area contributed by atoms with Crippen LogP contribution in [-0.4, -0.2) is 42.7 Å². The molecule has 0 radical (unpaired) electrons. The number of esters is 1. The van der Waals surface area contributed by atoms with Crippen molar-refractivity contribution in [3.05, 3.63) is 42.0 Å². The number of piperidine rings is 1. The smallest absolute Gasteiger partial charge is 0.311 e. The van der Waals surface area contributed by atoms with Crippen LogP contribution >= 0.6 is 0 Å². The molecule has 0 bridgehead atoms. The summed E-state index contributed by atoms with van der Waals surface area (Å²) in [7, 11) is 1.66. The van der Waals surface area contributed by atoms with E-state index in [-0.39, 0.29) is 23.9 Å². The van der Waals surface area contributed by atoms with Crippen molar-refractivity contribution >= 4 is 11.9 Å². The molecule has 2 aromatic rings. The zero-order chi connectivity index (χ0) is 23.3. The number of anilines is 1. The van der Waals surface area contributed by atoms with E-state index >= 15 is 0 Å². The Bertz CT molecular complexity index is 941. The zero-order valence-electron chi connectivity index (χ0n) is 19.4. The number of methoxy groups -OCH3 is 1. The first-order valence-electron chi connectivity index (χ1n) is 11.7. The van der Waals surface area contributed by atoms with Crippen LogP contribution < -0.4 is 14.4 Å². The fourth-order valence-electron chi connectivity index (χ4n) is 4.71. The van der Waals surface area contributed by atoms with Gasteiger partial charge in [-0.15, -0.1) is 0 Å². The molecule has 7 nitrogen and oxygen atoms in total. The Labute approximate surface area is 194 Å². The van der Waals surface area contributed by atoms with E-state index in [1.807, 2.05) is 12.4 Å². The zero-order valence-corrected chi connectivity index (χ0v) is 19.4. The standard InChI is InChI=1S/C25H32FN3O4/c1-3-23(30)33-21-5-4-20(26)14-22(21)32-13-10-25(8-9-25)19-6-11-29(12-7-19)24-27-15-18(16-28-24)17-31-2/h4-5,14-16,19H,3,6-13,17H2,1-2H3. The van der Waals surface area contributed by atoms with Crippen molar-refractivity contribution in [2.45, 2.75) is 52.1 Å². The summed E-state index contributed by atoms with van der Waals surface area (Å²) in [5, 5.41) is 0. The molecule has 1 saturated heterocycles. The molecule has 2 fully saturated rings. The van der Waals surface area contributed by atoms with Gasteiger partial charge in [0.05, 0.1) is 13.2 Å². The average Bonchev–Trinajstić information content (AvgIpc) is 3.62. The number of halogens is 1. The summed E-state index contributed by atoms with van der Waals surface area (Å²) in [6.07, 6.45) is 9.42. The summed E-state index contributed by atoms with van der Waals surface area (Å²) in [5.41, 5.74) is 1.27. The highest BCUT2D eigenvalue weighted by Gasteiger charge is 2.49. The van der Waals surface area contributed by atoms with E-state index in [4.69, 9.17) is 14.2 Å². The fourth-order valence-corrected chi connectivity index (χ4v) is 4.71. The van der Waals surface area contributed by atoms with Crippen molar-refractivity contribution in [3.63, 3.8) is 0 Å². The number of hydrogen-bond donors (Lipinski definition) is 0. The second-order valence-electron chi connectivity index (χ2n) is 8.97. The maximum atomic E-state index is 13.7. The molecule has 2 aliphatic rings. The summed E-state index contributed by atoms with van der Waals surface area (Å²) in [6, 6.07) is 4.01. The van der Waals surface area contributed by atoms with Crippen LogP contribution in [0.2, 0.25) is 0 Å². The number of carbonyl (C=O) groups excluding carboxylic acids is 1. The van der Waals surface area contributed by atoms with E-state index in [1.54, 1.807) is 14.0 Å². The van der Waals surface area contributed by atoms with Gasteiger partial charge in [-0.05, 0) is 55.6 Å². The third-order valence-electron chi connectivity index (χ3n) is 6.81. The molecule has 178 valence electrons. The lowest BCUT2D eigenvalue weighted by Crippen LogP contribution is -2.38. The van der Waals surface area contributed by atoms with Crippen molar-refractivity contribution in [2.75, 3.05) is 31.7 Å². The van der Waals surface area contributed by atoms with Crippen molar-refractivity contribution in [2.24, 2.45) is 11.3 Å². The molecule has 1 saturated carbocycles. The minimum atomic E-state index is -0.410. The number of carbonyl (C=O) groups is 1. The van der Waals surface area contributed by atoms with Gasteiger partial charge >= 0.3 is 5.97 Å². The molecule has 0 unspecified atom stereocenters. The van der Waals surface area contributed by atoms with E-state index < -0.39 is 5.82 Å². The molecule has 4 rings (SSSR count). The molecule has 0 spiro atoms. The van der Waals surface area contributed by atoms with Gasteiger partial charge in [0.15, 0.2) is 11.5 Å². The van der Waals surface area contributed by atoms with E-state index in [2.05, 4.69) is 14.9 Å². The number of nitrogens with zero attached hydrogens (tertiary/aromatic N) is 3. The van der Waals surface area contributed by atoms with Crippen molar-refractivity contribution < 1.29 is 23.4 Å². The Morgan fingerprint density at radius 2 is 1.91 bits per heavy atom. The van der Waals surface area contributed by atoms with Crippen molar-refractivity contribution in [1.29, 1.82) is 0 Å². The minimum Gasteiger partial charge on any atom is -0.490 e. The summed E-state index contributed by atoms with van der Waals surface area (Å²) in [6.45, 7) is 4.60. The SMILES string of the molecule is CCC(=O)Oc1ccc(F)cc1OCCC1(C2CCN(c3ncc(COC)cn3)CC2)CC1. The highest BCUT2D eigenvalue weighted by molar-refractivity contribution is 5.72. The topological polar surface area (TPSA) is 73.8 Å². The Hall–Kier alpha value is -2.74. The Morgan fingerprint density at radius 3 is 2.55 bits per heavy atom. The lowest BCUT2D eigenvalue weighted by Gasteiger charge is -2.36. The van der Waals surface area contributed by atoms with Gasteiger partial charge in [0, 0.05) is 50.6 Å².